The molecule has 5 heteroatoms. The van der Waals surface area contributed by atoms with E-state index in [1.165, 1.54) is 76.2 Å². The summed E-state index contributed by atoms with van der Waals surface area (Å²) in [5.41, 5.74) is 0.912. The predicted octanol–water partition coefficient (Wildman–Crippen LogP) is 7.60. The lowest BCUT2D eigenvalue weighted by molar-refractivity contribution is -0.142. The average molecular weight is 433 g/mol. The molecule has 1 unspecified atom stereocenters. The lowest BCUT2D eigenvalue weighted by Crippen LogP contribution is -2.23. The standard InChI is InChI=1S/C25H40N2O2S/c1-3-4-15-21(2)16-11-9-7-5-6-8-10-14-19-29-25(28)20-24-26-22-17-12-13-18-23(22)30-27-24/h12-13,17-18,21H,3-11,14-16,19-20H2,1-2H3,(H,26,27). The summed E-state index contributed by atoms with van der Waals surface area (Å²) >= 11 is 1.50. The summed E-state index contributed by atoms with van der Waals surface area (Å²) in [4.78, 5) is 17.6. The van der Waals surface area contributed by atoms with Gasteiger partial charge in [0.25, 0.3) is 0 Å². The summed E-state index contributed by atoms with van der Waals surface area (Å²) in [6.07, 6.45) is 15.8. The number of amidine groups is 1. The first kappa shape index (κ1) is 24.8. The quantitative estimate of drug-likeness (QED) is 0.166. The monoisotopic (exact) mass is 432 g/mol. The molecule has 1 N–H and O–H groups in total. The summed E-state index contributed by atoms with van der Waals surface area (Å²) in [6.45, 7) is 5.20. The zero-order valence-corrected chi connectivity index (χ0v) is 19.8. The van der Waals surface area contributed by atoms with Gasteiger partial charge in [-0.05, 0) is 36.4 Å². The molecule has 1 atom stereocenters. The Balaban J connectivity index is 1.40. The number of ether oxygens (including phenoxy) is 1. The van der Waals surface area contributed by atoms with Crippen molar-refractivity contribution in [2.24, 2.45) is 10.9 Å². The van der Waals surface area contributed by atoms with Crippen LogP contribution in [0.2, 0.25) is 0 Å². The Kier molecular flexibility index (Phi) is 12.7. The van der Waals surface area contributed by atoms with Crippen LogP contribution in [-0.4, -0.2) is 18.4 Å². The third kappa shape index (κ3) is 10.5. The first-order valence-electron chi connectivity index (χ1n) is 11.9. The molecule has 0 aromatic heterocycles. The number of hydrogen-bond donors (Lipinski definition) is 1. The van der Waals surface area contributed by atoms with Gasteiger partial charge >= 0.3 is 5.97 Å². The van der Waals surface area contributed by atoms with E-state index in [1.807, 2.05) is 24.3 Å². The SMILES string of the molecule is CCCCC(C)CCCCCCCCCCOC(=O)CC1=Nc2ccccc2SN1. The van der Waals surface area contributed by atoms with Crippen molar-refractivity contribution in [3.05, 3.63) is 24.3 Å². The molecule has 1 aromatic carbocycles. The molecule has 0 radical (unpaired) electrons. The molecule has 0 aliphatic carbocycles. The van der Waals surface area contributed by atoms with Crippen LogP contribution in [0.1, 0.15) is 97.3 Å². The van der Waals surface area contributed by atoms with Gasteiger partial charge in [-0.3, -0.25) is 4.79 Å². The molecule has 1 aliphatic heterocycles. The Hall–Kier alpha value is -1.49. The number of para-hydroxylation sites is 1. The smallest absolute Gasteiger partial charge is 0.313 e. The van der Waals surface area contributed by atoms with Crippen molar-refractivity contribution in [2.45, 2.75) is 102 Å². The molecule has 0 saturated heterocycles. The van der Waals surface area contributed by atoms with Gasteiger partial charge < -0.3 is 9.46 Å². The van der Waals surface area contributed by atoms with E-state index in [2.05, 4.69) is 23.6 Å². The van der Waals surface area contributed by atoms with Gasteiger partial charge in [-0.1, -0.05) is 96.6 Å². The number of benzene rings is 1. The highest BCUT2D eigenvalue weighted by Crippen LogP contribution is 2.31. The van der Waals surface area contributed by atoms with E-state index in [0.717, 1.165) is 29.3 Å². The molecule has 1 aromatic rings. The van der Waals surface area contributed by atoms with Gasteiger partial charge in [0.05, 0.1) is 17.2 Å². The molecule has 2 rings (SSSR count). The van der Waals surface area contributed by atoms with Crippen LogP contribution in [0.4, 0.5) is 5.69 Å². The number of nitrogens with zero attached hydrogens (tertiary/aromatic N) is 1. The van der Waals surface area contributed by atoms with Gasteiger partial charge in [-0.25, -0.2) is 4.99 Å². The van der Waals surface area contributed by atoms with Crippen LogP contribution in [0.15, 0.2) is 34.2 Å². The summed E-state index contributed by atoms with van der Waals surface area (Å²) in [6, 6.07) is 7.92. The van der Waals surface area contributed by atoms with Crippen molar-refractivity contribution < 1.29 is 9.53 Å². The van der Waals surface area contributed by atoms with E-state index >= 15 is 0 Å². The fourth-order valence-electron chi connectivity index (χ4n) is 3.72. The number of nitrogens with one attached hydrogen (secondary N) is 1. The Bertz CT molecular complexity index is 648. The maximum absolute atomic E-state index is 12.0. The van der Waals surface area contributed by atoms with Crippen LogP contribution < -0.4 is 4.72 Å². The van der Waals surface area contributed by atoms with Gasteiger partial charge in [0.2, 0.25) is 0 Å². The topological polar surface area (TPSA) is 50.7 Å². The van der Waals surface area contributed by atoms with Crippen LogP contribution in [0, 0.1) is 5.92 Å². The lowest BCUT2D eigenvalue weighted by Gasteiger charge is -2.15. The van der Waals surface area contributed by atoms with Crippen molar-refractivity contribution in [2.75, 3.05) is 6.61 Å². The van der Waals surface area contributed by atoms with E-state index in [9.17, 15) is 4.79 Å². The minimum atomic E-state index is -0.200. The van der Waals surface area contributed by atoms with Crippen LogP contribution in [0.3, 0.4) is 0 Å². The van der Waals surface area contributed by atoms with Crippen molar-refractivity contribution >= 4 is 29.4 Å². The molecule has 0 spiro atoms. The molecular weight excluding hydrogens is 392 g/mol. The van der Waals surface area contributed by atoms with Crippen LogP contribution >= 0.6 is 11.9 Å². The Labute approximate surface area is 187 Å². The number of fused-ring (bicyclic) bond motifs is 1. The first-order chi connectivity index (χ1) is 14.7. The number of aliphatic imine (C=N–C) groups is 1. The minimum absolute atomic E-state index is 0.200. The zero-order valence-electron chi connectivity index (χ0n) is 19.0. The third-order valence-electron chi connectivity index (χ3n) is 5.62. The van der Waals surface area contributed by atoms with Gasteiger partial charge in [-0.2, -0.15) is 0 Å². The number of carbonyl (C=O) groups excluding carboxylic acids is 1. The molecule has 0 bridgehead atoms. The molecule has 4 nitrogen and oxygen atoms in total. The van der Waals surface area contributed by atoms with E-state index in [-0.39, 0.29) is 12.4 Å². The molecular formula is C25H40N2O2S. The maximum Gasteiger partial charge on any atom is 0.313 e. The normalized spacial score (nSPS) is 13.9. The largest absolute Gasteiger partial charge is 0.465 e. The predicted molar refractivity (Wildman–Crippen MR) is 128 cm³/mol. The summed E-state index contributed by atoms with van der Waals surface area (Å²) in [7, 11) is 0. The summed E-state index contributed by atoms with van der Waals surface area (Å²) in [5, 5.41) is 0. The molecule has 0 saturated carbocycles. The van der Waals surface area contributed by atoms with Gasteiger partial charge in [-0.15, -0.1) is 0 Å². The van der Waals surface area contributed by atoms with E-state index < -0.39 is 0 Å². The van der Waals surface area contributed by atoms with Crippen molar-refractivity contribution in [3.8, 4) is 0 Å². The second kappa shape index (κ2) is 15.3. The second-order valence-electron chi connectivity index (χ2n) is 8.49. The number of carbonyl (C=O) groups is 1. The molecule has 30 heavy (non-hydrogen) atoms. The molecule has 1 heterocycles. The highest BCUT2D eigenvalue weighted by Gasteiger charge is 2.15. The van der Waals surface area contributed by atoms with Crippen LogP contribution in [0.5, 0.6) is 0 Å². The maximum atomic E-state index is 12.0. The van der Waals surface area contributed by atoms with Crippen LogP contribution in [-0.2, 0) is 9.53 Å². The first-order valence-corrected chi connectivity index (χ1v) is 12.8. The summed E-state index contributed by atoms with van der Waals surface area (Å²) in [5.74, 6) is 1.38. The molecule has 0 amide bonds. The third-order valence-corrected chi connectivity index (χ3v) is 6.52. The van der Waals surface area contributed by atoms with E-state index in [4.69, 9.17) is 4.74 Å². The number of unbranched alkanes of at least 4 members (excludes halogenated alkanes) is 8. The highest BCUT2D eigenvalue weighted by atomic mass is 32.2. The van der Waals surface area contributed by atoms with Crippen molar-refractivity contribution in [1.82, 2.24) is 4.72 Å². The van der Waals surface area contributed by atoms with Gasteiger partial charge in [0.1, 0.15) is 12.3 Å². The summed E-state index contributed by atoms with van der Waals surface area (Å²) < 4.78 is 8.50. The highest BCUT2D eigenvalue weighted by molar-refractivity contribution is 7.98. The Morgan fingerprint density at radius 2 is 1.67 bits per heavy atom. The van der Waals surface area contributed by atoms with Gasteiger partial charge in [0.15, 0.2) is 0 Å². The molecule has 0 fully saturated rings. The minimum Gasteiger partial charge on any atom is -0.465 e. The van der Waals surface area contributed by atoms with Crippen molar-refractivity contribution in [3.63, 3.8) is 0 Å². The zero-order chi connectivity index (χ0) is 21.4. The Morgan fingerprint density at radius 1 is 1.00 bits per heavy atom. The van der Waals surface area contributed by atoms with E-state index in [1.54, 1.807) is 0 Å². The van der Waals surface area contributed by atoms with Gasteiger partial charge in [0, 0.05) is 0 Å². The second-order valence-corrected chi connectivity index (χ2v) is 9.34. The van der Waals surface area contributed by atoms with Crippen molar-refractivity contribution in [1.29, 1.82) is 0 Å². The average Bonchev–Trinajstić information content (AvgIpc) is 2.76. The fraction of sp³-hybridized carbons (Fsp3) is 0.680. The van der Waals surface area contributed by atoms with Crippen LogP contribution in [0.25, 0.3) is 0 Å². The Morgan fingerprint density at radius 3 is 2.43 bits per heavy atom. The fourth-order valence-corrected chi connectivity index (χ4v) is 4.43. The molecule has 168 valence electrons. The molecule has 1 aliphatic rings. The number of esters is 1. The van der Waals surface area contributed by atoms with E-state index in [0.29, 0.717) is 12.4 Å². The lowest BCUT2D eigenvalue weighted by atomic mass is 9.97. The number of rotatable bonds is 16. The number of hydrogen-bond acceptors (Lipinski definition) is 5.